The highest BCUT2D eigenvalue weighted by molar-refractivity contribution is 8.00. The maximum absolute atomic E-state index is 13.7. The first-order chi connectivity index (χ1) is 21.7. The number of hydrogen-bond acceptors (Lipinski definition) is 8. The fraction of sp³-hybridized carbons (Fsp3) is 0.121. The lowest BCUT2D eigenvalue weighted by Crippen LogP contribution is -2.29. The molecule has 4 heterocycles. The van der Waals surface area contributed by atoms with Crippen molar-refractivity contribution in [2.24, 2.45) is 0 Å². The number of fused-ring (bicyclic) bond motifs is 2. The predicted octanol–water partition coefficient (Wildman–Crippen LogP) is 8.18. The number of benzene rings is 3. The van der Waals surface area contributed by atoms with E-state index in [1.54, 1.807) is 25.1 Å². The number of halogens is 2. The van der Waals surface area contributed by atoms with E-state index < -0.39 is 17.7 Å². The summed E-state index contributed by atoms with van der Waals surface area (Å²) in [5.74, 6) is -1.45. The van der Waals surface area contributed by atoms with Gasteiger partial charge >= 0.3 is 5.91 Å². The number of aryl methyl sites for hydroxylation is 2. The minimum absolute atomic E-state index is 0.122. The molecule has 0 bridgehead atoms. The molecule has 0 saturated carbocycles. The fourth-order valence-electron chi connectivity index (χ4n) is 5.62. The van der Waals surface area contributed by atoms with Crippen LogP contribution in [0.15, 0.2) is 88.9 Å². The molecule has 1 aliphatic rings. The summed E-state index contributed by atoms with van der Waals surface area (Å²) >= 11 is 15.3. The van der Waals surface area contributed by atoms with Gasteiger partial charge < -0.3 is 9.51 Å². The van der Waals surface area contributed by atoms with Gasteiger partial charge in [0.25, 0.3) is 5.78 Å². The third-order valence-electron chi connectivity index (χ3n) is 7.85. The standard InChI is InChI=1S/C33H23Cl2N5O3S2/c1-17-7-6-14-39-18(2)26(36-30(17)39)28(41)25-27(20-12-13-23(34)24(35)15-20)40(31(43)29(25)42)32-37-38-33(45-32)44-16-21-10-5-9-19-8-3-4-11-22(19)21/h3-15,27,41H,16H2,1-2H3. The lowest BCUT2D eigenvalue weighted by atomic mass is 9.96. The summed E-state index contributed by atoms with van der Waals surface area (Å²) in [7, 11) is 0. The minimum atomic E-state index is -1.05. The molecule has 6 aromatic rings. The number of amides is 1. The Morgan fingerprint density at radius 1 is 0.978 bits per heavy atom. The van der Waals surface area contributed by atoms with E-state index in [0.29, 0.717) is 32.0 Å². The summed E-state index contributed by atoms with van der Waals surface area (Å²) in [4.78, 5) is 33.4. The molecule has 1 amide bonds. The Bertz CT molecular complexity index is 2200. The molecule has 1 unspecified atom stereocenters. The highest BCUT2D eigenvalue weighted by atomic mass is 35.5. The monoisotopic (exact) mass is 671 g/mol. The largest absolute Gasteiger partial charge is 0.505 e. The van der Waals surface area contributed by atoms with Gasteiger partial charge in [-0.3, -0.25) is 14.5 Å². The number of thioether (sulfide) groups is 1. The highest BCUT2D eigenvalue weighted by Gasteiger charge is 2.49. The molecule has 1 fully saturated rings. The second-order valence-electron chi connectivity index (χ2n) is 10.6. The van der Waals surface area contributed by atoms with E-state index in [1.165, 1.54) is 28.0 Å². The van der Waals surface area contributed by atoms with Gasteiger partial charge in [0.05, 0.1) is 27.4 Å². The second-order valence-corrected chi connectivity index (χ2v) is 13.5. The number of aliphatic hydroxyl groups is 1. The first-order valence-electron chi connectivity index (χ1n) is 13.9. The molecule has 1 aliphatic heterocycles. The van der Waals surface area contributed by atoms with Crippen molar-refractivity contribution in [3.8, 4) is 0 Å². The first-order valence-corrected chi connectivity index (χ1v) is 16.4. The van der Waals surface area contributed by atoms with Crippen LogP contribution in [0.1, 0.15) is 34.1 Å². The van der Waals surface area contributed by atoms with Gasteiger partial charge in [0.1, 0.15) is 11.3 Å². The van der Waals surface area contributed by atoms with Crippen LogP contribution in [0.5, 0.6) is 0 Å². The van der Waals surface area contributed by atoms with Crippen molar-refractivity contribution < 1.29 is 14.7 Å². The zero-order valence-electron chi connectivity index (χ0n) is 23.9. The molecule has 3 aromatic carbocycles. The Labute approximate surface area is 276 Å². The van der Waals surface area contributed by atoms with Gasteiger partial charge in [-0.1, -0.05) is 101 Å². The zero-order chi connectivity index (χ0) is 31.4. The smallest absolute Gasteiger partial charge is 0.301 e. The number of anilines is 1. The van der Waals surface area contributed by atoms with Crippen LogP contribution in [-0.4, -0.2) is 36.4 Å². The second kappa shape index (κ2) is 11.6. The summed E-state index contributed by atoms with van der Waals surface area (Å²) in [6.07, 6.45) is 1.83. The topological polar surface area (TPSA) is 101 Å². The fourth-order valence-corrected chi connectivity index (χ4v) is 7.80. The average Bonchev–Trinajstić information content (AvgIpc) is 3.72. The van der Waals surface area contributed by atoms with E-state index >= 15 is 0 Å². The zero-order valence-corrected chi connectivity index (χ0v) is 27.0. The Balaban J connectivity index is 1.30. The molecule has 224 valence electrons. The number of nitrogens with zero attached hydrogens (tertiary/aromatic N) is 5. The quantitative estimate of drug-likeness (QED) is 0.0626. The van der Waals surface area contributed by atoms with E-state index in [0.717, 1.165) is 21.9 Å². The third kappa shape index (κ3) is 5.07. The van der Waals surface area contributed by atoms with Crippen LogP contribution >= 0.6 is 46.3 Å². The Morgan fingerprint density at radius 3 is 2.58 bits per heavy atom. The molecule has 1 saturated heterocycles. The lowest BCUT2D eigenvalue weighted by molar-refractivity contribution is -0.132. The SMILES string of the molecule is Cc1cccn2c(C)c(C(O)=C3C(=O)C(=O)N(c4nnc(SCc5cccc6ccccc56)s4)C3c3ccc(Cl)c(Cl)c3)nc12. The van der Waals surface area contributed by atoms with Crippen molar-refractivity contribution in [2.45, 2.75) is 30.0 Å². The van der Waals surface area contributed by atoms with Crippen LogP contribution in [0.2, 0.25) is 10.0 Å². The van der Waals surface area contributed by atoms with Crippen molar-refractivity contribution >= 4 is 85.3 Å². The number of ketones is 1. The van der Waals surface area contributed by atoms with Gasteiger partial charge in [-0.15, -0.1) is 10.2 Å². The number of carbonyl (C=O) groups excluding carboxylic acids is 2. The van der Waals surface area contributed by atoms with Gasteiger partial charge in [0, 0.05) is 11.9 Å². The summed E-state index contributed by atoms with van der Waals surface area (Å²) < 4.78 is 2.46. The van der Waals surface area contributed by atoms with Crippen LogP contribution in [0.25, 0.3) is 22.2 Å². The maximum Gasteiger partial charge on any atom is 0.301 e. The number of hydrogen-bond donors (Lipinski definition) is 1. The Kier molecular flexibility index (Phi) is 7.61. The lowest BCUT2D eigenvalue weighted by Gasteiger charge is -2.22. The van der Waals surface area contributed by atoms with Gasteiger partial charge in [-0.2, -0.15) is 0 Å². The third-order valence-corrected chi connectivity index (χ3v) is 10.7. The summed E-state index contributed by atoms with van der Waals surface area (Å²) in [5, 5.41) is 23.4. The van der Waals surface area contributed by atoms with Crippen LogP contribution in [0.4, 0.5) is 5.13 Å². The number of aliphatic hydroxyl groups excluding tert-OH is 1. The number of Topliss-reactive ketones (excluding diaryl/α,β-unsaturated/α-hetero) is 1. The van der Waals surface area contributed by atoms with Crippen LogP contribution in [0.3, 0.4) is 0 Å². The van der Waals surface area contributed by atoms with Crippen molar-refractivity contribution in [3.05, 3.63) is 123 Å². The van der Waals surface area contributed by atoms with Crippen molar-refractivity contribution in [1.29, 1.82) is 0 Å². The molecule has 45 heavy (non-hydrogen) atoms. The molecule has 1 N–H and O–H groups in total. The van der Waals surface area contributed by atoms with Gasteiger partial charge in [-0.05, 0) is 59.5 Å². The van der Waals surface area contributed by atoms with Crippen LogP contribution in [0, 0.1) is 13.8 Å². The van der Waals surface area contributed by atoms with Crippen LogP contribution in [-0.2, 0) is 15.3 Å². The van der Waals surface area contributed by atoms with Gasteiger partial charge in [0.2, 0.25) is 5.13 Å². The van der Waals surface area contributed by atoms with E-state index in [4.69, 9.17) is 23.2 Å². The molecule has 0 radical (unpaired) electrons. The van der Waals surface area contributed by atoms with Gasteiger partial charge in [-0.25, -0.2) is 4.98 Å². The molecule has 8 nitrogen and oxygen atoms in total. The average molecular weight is 673 g/mol. The normalized spacial score (nSPS) is 16.4. The summed E-state index contributed by atoms with van der Waals surface area (Å²) in [5.41, 5.74) is 3.84. The summed E-state index contributed by atoms with van der Waals surface area (Å²) in [6.45, 7) is 3.70. The number of pyridine rings is 1. The molecule has 0 spiro atoms. The molecular formula is C33H23Cl2N5O3S2. The Hall–Kier alpha value is -4.22. The molecule has 12 heteroatoms. The number of imidazole rings is 1. The number of aromatic nitrogens is 4. The molecule has 0 aliphatic carbocycles. The van der Waals surface area contributed by atoms with Crippen LogP contribution < -0.4 is 4.90 Å². The van der Waals surface area contributed by atoms with E-state index in [2.05, 4.69) is 39.4 Å². The summed E-state index contributed by atoms with van der Waals surface area (Å²) in [6, 6.07) is 21.9. The number of rotatable bonds is 6. The molecule has 7 rings (SSSR count). The van der Waals surface area contributed by atoms with Crippen molar-refractivity contribution in [1.82, 2.24) is 19.6 Å². The Morgan fingerprint density at radius 2 is 1.78 bits per heavy atom. The van der Waals surface area contributed by atoms with E-state index in [1.807, 2.05) is 47.9 Å². The highest BCUT2D eigenvalue weighted by Crippen LogP contribution is 2.45. The van der Waals surface area contributed by atoms with Crippen molar-refractivity contribution in [2.75, 3.05) is 4.90 Å². The van der Waals surface area contributed by atoms with Crippen molar-refractivity contribution in [3.63, 3.8) is 0 Å². The molecule has 1 atom stereocenters. The number of carbonyl (C=O) groups is 2. The van der Waals surface area contributed by atoms with E-state index in [-0.39, 0.29) is 27.2 Å². The van der Waals surface area contributed by atoms with Gasteiger partial charge in [0.15, 0.2) is 10.1 Å². The molecular weight excluding hydrogens is 649 g/mol. The minimum Gasteiger partial charge on any atom is -0.505 e. The predicted molar refractivity (Wildman–Crippen MR) is 179 cm³/mol. The molecule has 3 aromatic heterocycles. The first kappa shape index (κ1) is 29.5. The van der Waals surface area contributed by atoms with E-state index in [9.17, 15) is 14.7 Å². The maximum atomic E-state index is 13.7.